The summed E-state index contributed by atoms with van der Waals surface area (Å²) in [6.07, 6.45) is 4.97. The van der Waals surface area contributed by atoms with Crippen molar-refractivity contribution in [3.05, 3.63) is 0 Å². The van der Waals surface area contributed by atoms with Gasteiger partial charge in [-0.25, -0.2) is 8.42 Å². The molecule has 5 nitrogen and oxygen atoms in total. The van der Waals surface area contributed by atoms with E-state index in [2.05, 4.69) is 10.3 Å². The van der Waals surface area contributed by atoms with E-state index in [0.717, 1.165) is 12.8 Å². The molecule has 3 N–H and O–H groups in total. The molecule has 2 saturated carbocycles. The minimum atomic E-state index is -2.99. The highest BCUT2D eigenvalue weighted by atomic mass is 32.2. The van der Waals surface area contributed by atoms with Crippen LogP contribution in [0.15, 0.2) is 4.99 Å². The molecule has 2 aliphatic rings. The van der Waals surface area contributed by atoms with Crippen molar-refractivity contribution >= 4 is 15.8 Å². The van der Waals surface area contributed by atoms with Gasteiger partial charge in [-0.1, -0.05) is 0 Å². The summed E-state index contributed by atoms with van der Waals surface area (Å²) in [7, 11) is -2.99. The van der Waals surface area contributed by atoms with Crippen LogP contribution in [0.2, 0.25) is 0 Å². The van der Waals surface area contributed by atoms with Crippen molar-refractivity contribution in [2.24, 2.45) is 10.7 Å². The Bertz CT molecular complexity index is 380. The maximum Gasteiger partial charge on any atom is 0.188 e. The number of sulfone groups is 1. The van der Waals surface area contributed by atoms with Crippen LogP contribution in [-0.4, -0.2) is 38.0 Å². The van der Waals surface area contributed by atoms with Crippen LogP contribution in [0.4, 0.5) is 0 Å². The zero-order chi connectivity index (χ0) is 11.1. The normalized spacial score (nSPS) is 25.0. The molecule has 0 aromatic heterocycles. The largest absolute Gasteiger partial charge is 0.370 e. The summed E-state index contributed by atoms with van der Waals surface area (Å²) >= 11 is 0. The molecule has 0 radical (unpaired) electrons. The van der Waals surface area contributed by atoms with Crippen molar-refractivity contribution in [1.82, 2.24) is 5.32 Å². The van der Waals surface area contributed by atoms with E-state index in [-0.39, 0.29) is 0 Å². The summed E-state index contributed by atoms with van der Waals surface area (Å²) < 4.78 is 22.3. The Morgan fingerprint density at radius 1 is 1.53 bits per heavy atom. The van der Waals surface area contributed by atoms with Gasteiger partial charge in [0.1, 0.15) is 0 Å². The highest BCUT2D eigenvalue weighted by Gasteiger charge is 2.52. The number of hydrogen-bond acceptors (Lipinski definition) is 3. The number of nitrogens with zero attached hydrogens (tertiary/aromatic N) is 1. The van der Waals surface area contributed by atoms with Gasteiger partial charge in [-0.3, -0.25) is 4.99 Å². The topological polar surface area (TPSA) is 84.5 Å². The standard InChI is InChI=1S/C9H17N3O2S/c1-15(13,14)9(4-5-9)6-11-8(10)12-7-2-3-7/h7H,2-6H2,1H3,(H3,10,11,12). The molecule has 0 amide bonds. The zero-order valence-corrected chi connectivity index (χ0v) is 9.68. The Morgan fingerprint density at radius 2 is 2.13 bits per heavy atom. The molecule has 0 aromatic rings. The predicted molar refractivity (Wildman–Crippen MR) is 59.5 cm³/mol. The van der Waals surface area contributed by atoms with Crippen LogP contribution in [0.1, 0.15) is 25.7 Å². The fourth-order valence-corrected chi connectivity index (χ4v) is 2.64. The molecule has 0 saturated heterocycles. The first-order chi connectivity index (χ1) is 6.93. The van der Waals surface area contributed by atoms with Crippen LogP contribution in [-0.2, 0) is 9.84 Å². The fourth-order valence-electron chi connectivity index (χ4n) is 1.50. The number of hydrogen-bond donors (Lipinski definition) is 2. The second kappa shape index (κ2) is 3.37. The highest BCUT2D eigenvalue weighted by molar-refractivity contribution is 7.92. The van der Waals surface area contributed by atoms with Crippen molar-refractivity contribution in [2.75, 3.05) is 12.8 Å². The van der Waals surface area contributed by atoms with Crippen LogP contribution in [0.3, 0.4) is 0 Å². The van der Waals surface area contributed by atoms with Crippen LogP contribution in [0.25, 0.3) is 0 Å². The number of nitrogens with two attached hydrogens (primary N) is 1. The van der Waals surface area contributed by atoms with Gasteiger partial charge in [0.2, 0.25) is 0 Å². The van der Waals surface area contributed by atoms with E-state index >= 15 is 0 Å². The van der Waals surface area contributed by atoms with Crippen LogP contribution in [0, 0.1) is 0 Å². The third-order valence-electron chi connectivity index (χ3n) is 3.06. The van der Waals surface area contributed by atoms with Gasteiger partial charge in [0, 0.05) is 12.3 Å². The van der Waals surface area contributed by atoms with Crippen LogP contribution < -0.4 is 11.1 Å². The summed E-state index contributed by atoms with van der Waals surface area (Å²) in [6, 6.07) is 0.460. The second-order valence-corrected chi connectivity index (χ2v) is 6.99. The molecule has 6 heteroatoms. The first-order valence-corrected chi connectivity index (χ1v) is 7.08. The maximum absolute atomic E-state index is 11.4. The van der Waals surface area contributed by atoms with Crippen molar-refractivity contribution in [3.63, 3.8) is 0 Å². The molecule has 15 heavy (non-hydrogen) atoms. The lowest BCUT2D eigenvalue weighted by Crippen LogP contribution is -2.35. The smallest absolute Gasteiger partial charge is 0.188 e. The summed E-state index contributed by atoms with van der Waals surface area (Å²) in [5.74, 6) is 0.382. The van der Waals surface area contributed by atoms with Crippen molar-refractivity contribution in [1.29, 1.82) is 0 Å². The minimum absolute atomic E-state index is 0.303. The molecule has 2 aliphatic carbocycles. The van der Waals surface area contributed by atoms with Crippen LogP contribution in [0.5, 0.6) is 0 Å². The first kappa shape index (κ1) is 10.7. The molecule has 2 fully saturated rings. The SMILES string of the molecule is CS(=O)(=O)C1(CN=C(N)NC2CC2)CC1. The molecule has 0 spiro atoms. The van der Waals surface area contributed by atoms with Crippen LogP contribution >= 0.6 is 0 Å². The molecular formula is C9H17N3O2S. The number of guanidine groups is 1. The third-order valence-corrected chi connectivity index (χ3v) is 5.17. The monoisotopic (exact) mass is 231 g/mol. The average Bonchev–Trinajstić information content (AvgIpc) is 2.95. The Morgan fingerprint density at radius 3 is 2.53 bits per heavy atom. The van der Waals surface area contributed by atoms with Gasteiger partial charge in [0.25, 0.3) is 0 Å². The van der Waals surface area contributed by atoms with Crippen molar-refractivity contribution in [3.8, 4) is 0 Å². The molecule has 0 unspecified atom stereocenters. The van der Waals surface area contributed by atoms with Gasteiger partial charge >= 0.3 is 0 Å². The zero-order valence-electron chi connectivity index (χ0n) is 8.86. The molecule has 0 atom stereocenters. The van der Waals surface area contributed by atoms with E-state index in [1.807, 2.05) is 0 Å². The first-order valence-electron chi connectivity index (χ1n) is 5.19. The lowest BCUT2D eigenvalue weighted by atomic mass is 10.4. The van der Waals surface area contributed by atoms with Gasteiger partial charge in [-0.2, -0.15) is 0 Å². The van der Waals surface area contributed by atoms with Crippen molar-refractivity contribution < 1.29 is 8.42 Å². The quantitative estimate of drug-likeness (QED) is 0.511. The van der Waals surface area contributed by atoms with Gasteiger partial charge in [-0.05, 0) is 25.7 Å². The summed E-state index contributed by atoms with van der Waals surface area (Å²) in [6.45, 7) is 0.303. The second-order valence-electron chi connectivity index (χ2n) is 4.58. The maximum atomic E-state index is 11.4. The molecule has 0 bridgehead atoms. The molecule has 2 rings (SSSR count). The minimum Gasteiger partial charge on any atom is -0.370 e. The lowest BCUT2D eigenvalue weighted by molar-refractivity contribution is 0.583. The Labute approximate surface area is 90.1 Å². The molecular weight excluding hydrogens is 214 g/mol. The van der Waals surface area contributed by atoms with E-state index in [4.69, 9.17) is 5.73 Å². The van der Waals surface area contributed by atoms with E-state index < -0.39 is 14.6 Å². The van der Waals surface area contributed by atoms with Crippen molar-refractivity contribution in [2.45, 2.75) is 36.5 Å². The predicted octanol–water partition coefficient (Wildman–Crippen LogP) is -0.370. The lowest BCUT2D eigenvalue weighted by Gasteiger charge is -2.10. The number of rotatable bonds is 4. The summed E-state index contributed by atoms with van der Waals surface area (Å²) in [5.41, 5.74) is 5.64. The Kier molecular flexibility index (Phi) is 2.41. The highest BCUT2D eigenvalue weighted by Crippen LogP contribution is 2.43. The Balaban J connectivity index is 1.91. The molecule has 0 aliphatic heterocycles. The average molecular weight is 231 g/mol. The molecule has 0 heterocycles. The summed E-state index contributed by atoms with van der Waals surface area (Å²) in [4.78, 5) is 4.11. The number of aliphatic imine (C=N–C) groups is 1. The van der Waals surface area contributed by atoms with E-state index in [1.165, 1.54) is 6.26 Å². The van der Waals surface area contributed by atoms with Gasteiger partial charge in [0.15, 0.2) is 15.8 Å². The van der Waals surface area contributed by atoms with Gasteiger partial charge in [0.05, 0.1) is 11.3 Å². The van der Waals surface area contributed by atoms with E-state index in [9.17, 15) is 8.42 Å². The van der Waals surface area contributed by atoms with E-state index in [1.54, 1.807) is 0 Å². The Hall–Kier alpha value is -0.780. The van der Waals surface area contributed by atoms with E-state index in [0.29, 0.717) is 31.4 Å². The third kappa shape index (κ3) is 2.42. The molecule has 86 valence electrons. The molecule has 0 aromatic carbocycles. The van der Waals surface area contributed by atoms with Gasteiger partial charge < -0.3 is 11.1 Å². The summed E-state index contributed by atoms with van der Waals surface area (Å²) in [5, 5.41) is 3.04. The fraction of sp³-hybridized carbons (Fsp3) is 0.889. The van der Waals surface area contributed by atoms with Gasteiger partial charge in [-0.15, -0.1) is 0 Å². The number of nitrogens with one attached hydrogen (secondary N) is 1.